The first-order valence-electron chi connectivity index (χ1n) is 8.31. The summed E-state index contributed by atoms with van der Waals surface area (Å²) >= 11 is 1.70. The molecule has 0 N–H and O–H groups in total. The lowest BCUT2D eigenvalue weighted by Crippen LogP contribution is -2.43. The molecule has 2 fully saturated rings. The van der Waals surface area contributed by atoms with Crippen LogP contribution in [-0.2, 0) is 4.74 Å². The van der Waals surface area contributed by atoms with E-state index in [1.807, 2.05) is 30.4 Å². The number of likely N-dealkylation sites (tertiary alicyclic amines) is 1. The van der Waals surface area contributed by atoms with Gasteiger partial charge in [0.15, 0.2) is 0 Å². The number of nitrogens with zero attached hydrogens (tertiary/aromatic N) is 5. The quantitative estimate of drug-likeness (QED) is 0.785. The van der Waals surface area contributed by atoms with Gasteiger partial charge < -0.3 is 9.64 Å². The zero-order valence-electron chi connectivity index (χ0n) is 14.1. The maximum Gasteiger partial charge on any atom is 0.410 e. The molecule has 1 aliphatic carbocycles. The number of rotatable bonds is 4. The fourth-order valence-electron chi connectivity index (χ4n) is 2.71. The molecule has 1 aromatic rings. The summed E-state index contributed by atoms with van der Waals surface area (Å²) in [7, 11) is 0. The summed E-state index contributed by atoms with van der Waals surface area (Å²) in [5, 5.41) is 12.9. The molecule has 2 aliphatic rings. The Labute approximate surface area is 141 Å². The van der Waals surface area contributed by atoms with E-state index >= 15 is 0 Å². The smallest absolute Gasteiger partial charge is 0.410 e. The zero-order chi connectivity index (χ0) is 16.4. The van der Waals surface area contributed by atoms with Crippen molar-refractivity contribution in [2.75, 3.05) is 18.8 Å². The van der Waals surface area contributed by atoms with E-state index in [1.165, 1.54) is 12.8 Å². The van der Waals surface area contributed by atoms with E-state index in [1.54, 1.807) is 11.8 Å². The highest BCUT2D eigenvalue weighted by Gasteiger charge is 2.30. The molecule has 0 aromatic carbocycles. The first-order chi connectivity index (χ1) is 10.9. The van der Waals surface area contributed by atoms with Crippen LogP contribution in [0.4, 0.5) is 4.79 Å². The van der Waals surface area contributed by atoms with Crippen LogP contribution in [0, 0.1) is 5.92 Å². The van der Waals surface area contributed by atoms with Gasteiger partial charge in [0.05, 0.1) is 6.04 Å². The predicted molar refractivity (Wildman–Crippen MR) is 87.3 cm³/mol. The molecule has 1 saturated carbocycles. The summed E-state index contributed by atoms with van der Waals surface area (Å²) in [6.45, 7) is 7.25. The van der Waals surface area contributed by atoms with Gasteiger partial charge in [-0.05, 0) is 62.8 Å². The molecule has 8 heteroatoms. The molecule has 128 valence electrons. The maximum absolute atomic E-state index is 12.2. The molecule has 0 bridgehead atoms. The topological polar surface area (TPSA) is 73.1 Å². The molecule has 1 saturated heterocycles. The molecule has 3 rings (SSSR count). The largest absolute Gasteiger partial charge is 0.444 e. The van der Waals surface area contributed by atoms with Gasteiger partial charge in [-0.3, -0.25) is 0 Å². The standard InChI is InChI=1S/C15H25N5O2S/c1-15(2,3)22-14(21)19-8-4-5-11(9-19)10-23-13-16-17-18-20(13)12-6-7-12/h11-12H,4-10H2,1-3H3/t11-/m1/s1. The van der Waals surface area contributed by atoms with Gasteiger partial charge >= 0.3 is 6.09 Å². The number of aromatic nitrogens is 4. The molecular formula is C15H25N5O2S. The first-order valence-corrected chi connectivity index (χ1v) is 9.29. The zero-order valence-corrected chi connectivity index (χ0v) is 14.9. The average Bonchev–Trinajstić information content (AvgIpc) is 3.22. The monoisotopic (exact) mass is 339 g/mol. The Bertz CT molecular complexity index is 552. The number of hydrogen-bond acceptors (Lipinski definition) is 6. The number of carbonyl (C=O) groups is 1. The van der Waals surface area contributed by atoms with Gasteiger partial charge in [0, 0.05) is 18.8 Å². The summed E-state index contributed by atoms with van der Waals surface area (Å²) in [6.07, 6.45) is 4.31. The van der Waals surface area contributed by atoms with Crippen molar-refractivity contribution in [1.29, 1.82) is 0 Å². The Hall–Kier alpha value is -1.31. The van der Waals surface area contributed by atoms with E-state index in [2.05, 4.69) is 15.5 Å². The van der Waals surface area contributed by atoms with Crippen LogP contribution in [-0.4, -0.2) is 55.6 Å². The summed E-state index contributed by atoms with van der Waals surface area (Å²) < 4.78 is 7.42. The molecule has 1 amide bonds. The fraction of sp³-hybridized carbons (Fsp3) is 0.867. The lowest BCUT2D eigenvalue weighted by atomic mass is 10.0. The summed E-state index contributed by atoms with van der Waals surface area (Å²) in [5.74, 6) is 1.40. The summed E-state index contributed by atoms with van der Waals surface area (Å²) in [5.41, 5.74) is -0.439. The highest BCUT2D eigenvalue weighted by Crippen LogP contribution is 2.37. The third-order valence-corrected chi connectivity index (χ3v) is 5.14. The molecule has 0 spiro atoms. The number of piperidine rings is 1. The third-order valence-electron chi connectivity index (χ3n) is 3.97. The van der Waals surface area contributed by atoms with Gasteiger partial charge in [0.2, 0.25) is 5.16 Å². The van der Waals surface area contributed by atoms with Crippen molar-refractivity contribution in [3.8, 4) is 0 Å². The molecular weight excluding hydrogens is 314 g/mol. The number of carbonyl (C=O) groups excluding carboxylic acids is 1. The van der Waals surface area contributed by atoms with Crippen molar-refractivity contribution in [2.24, 2.45) is 5.92 Å². The second kappa shape index (κ2) is 6.67. The molecule has 1 aliphatic heterocycles. The highest BCUT2D eigenvalue weighted by molar-refractivity contribution is 7.99. The Morgan fingerprint density at radius 1 is 1.35 bits per heavy atom. The van der Waals surface area contributed by atoms with Gasteiger partial charge in [-0.2, -0.15) is 0 Å². The van der Waals surface area contributed by atoms with Gasteiger partial charge in [-0.25, -0.2) is 9.48 Å². The third kappa shape index (κ3) is 4.59. The van der Waals surface area contributed by atoms with Crippen molar-refractivity contribution < 1.29 is 9.53 Å². The molecule has 1 atom stereocenters. The Balaban J connectivity index is 1.50. The minimum Gasteiger partial charge on any atom is -0.444 e. The van der Waals surface area contributed by atoms with E-state index in [0.29, 0.717) is 12.0 Å². The van der Waals surface area contributed by atoms with Gasteiger partial charge in [-0.15, -0.1) is 5.10 Å². The molecule has 0 unspecified atom stereocenters. The number of thioether (sulfide) groups is 1. The van der Waals surface area contributed by atoms with Crippen molar-refractivity contribution in [1.82, 2.24) is 25.1 Å². The molecule has 0 radical (unpaired) electrons. The van der Waals surface area contributed by atoms with Crippen LogP contribution in [0.3, 0.4) is 0 Å². The maximum atomic E-state index is 12.2. The molecule has 2 heterocycles. The van der Waals surface area contributed by atoms with E-state index in [4.69, 9.17) is 4.74 Å². The summed E-state index contributed by atoms with van der Waals surface area (Å²) in [6, 6.07) is 0.497. The van der Waals surface area contributed by atoms with E-state index in [0.717, 1.165) is 36.8 Å². The molecule has 1 aromatic heterocycles. The van der Waals surface area contributed by atoms with Crippen LogP contribution in [0.2, 0.25) is 0 Å². The van der Waals surface area contributed by atoms with E-state index in [9.17, 15) is 4.79 Å². The first kappa shape index (κ1) is 16.5. The normalized spacial score (nSPS) is 22.2. The Morgan fingerprint density at radius 2 is 2.13 bits per heavy atom. The minimum atomic E-state index is -0.439. The Morgan fingerprint density at radius 3 is 2.83 bits per heavy atom. The average molecular weight is 339 g/mol. The van der Waals surface area contributed by atoms with Gasteiger partial charge in [0.25, 0.3) is 0 Å². The number of hydrogen-bond donors (Lipinski definition) is 0. The number of tetrazole rings is 1. The highest BCUT2D eigenvalue weighted by atomic mass is 32.2. The van der Waals surface area contributed by atoms with Crippen LogP contribution in [0.1, 0.15) is 52.5 Å². The van der Waals surface area contributed by atoms with Crippen LogP contribution in [0.5, 0.6) is 0 Å². The lowest BCUT2D eigenvalue weighted by Gasteiger charge is -2.33. The van der Waals surface area contributed by atoms with Crippen LogP contribution in [0.25, 0.3) is 0 Å². The molecule has 23 heavy (non-hydrogen) atoms. The van der Waals surface area contributed by atoms with E-state index < -0.39 is 5.60 Å². The fourth-order valence-corrected chi connectivity index (χ4v) is 3.78. The van der Waals surface area contributed by atoms with Crippen LogP contribution in [0.15, 0.2) is 5.16 Å². The van der Waals surface area contributed by atoms with Gasteiger partial charge in [0.1, 0.15) is 5.60 Å². The SMILES string of the molecule is CC(C)(C)OC(=O)N1CCC[C@@H](CSc2nnnn2C2CC2)C1. The molecule has 7 nitrogen and oxygen atoms in total. The van der Waals surface area contributed by atoms with E-state index in [-0.39, 0.29) is 6.09 Å². The summed E-state index contributed by atoms with van der Waals surface area (Å²) in [4.78, 5) is 14.0. The van der Waals surface area contributed by atoms with Gasteiger partial charge in [-0.1, -0.05) is 11.8 Å². The van der Waals surface area contributed by atoms with Crippen LogP contribution >= 0.6 is 11.8 Å². The Kier molecular flexibility index (Phi) is 4.79. The van der Waals surface area contributed by atoms with Crippen molar-refractivity contribution in [2.45, 2.75) is 63.3 Å². The van der Waals surface area contributed by atoms with Crippen molar-refractivity contribution >= 4 is 17.9 Å². The second-order valence-electron chi connectivity index (χ2n) is 7.38. The number of ether oxygens (including phenoxy) is 1. The van der Waals surface area contributed by atoms with Crippen molar-refractivity contribution in [3.63, 3.8) is 0 Å². The van der Waals surface area contributed by atoms with Crippen molar-refractivity contribution in [3.05, 3.63) is 0 Å². The number of amides is 1. The lowest BCUT2D eigenvalue weighted by molar-refractivity contribution is 0.0177. The van der Waals surface area contributed by atoms with Crippen LogP contribution < -0.4 is 0 Å². The minimum absolute atomic E-state index is 0.199. The second-order valence-corrected chi connectivity index (χ2v) is 8.37. The predicted octanol–water partition coefficient (Wildman–Crippen LogP) is 2.75.